The van der Waals surface area contributed by atoms with Crippen LogP contribution in [0.1, 0.15) is 15.9 Å². The van der Waals surface area contributed by atoms with Crippen molar-refractivity contribution in [2.75, 3.05) is 5.73 Å². The molecule has 0 fully saturated rings. The van der Waals surface area contributed by atoms with E-state index in [2.05, 4.69) is 15.0 Å². The number of benzene rings is 1. The second-order valence-electron chi connectivity index (χ2n) is 6.48. The van der Waals surface area contributed by atoms with Crippen molar-refractivity contribution >= 4 is 45.2 Å². The summed E-state index contributed by atoms with van der Waals surface area (Å²) in [5.74, 6) is -2.82. The predicted octanol–water partition coefficient (Wildman–Crippen LogP) is 5.51. The smallest absolute Gasteiger partial charge is 0.201 e. The Morgan fingerprint density at radius 3 is 2.73 bits per heavy atom. The van der Waals surface area contributed by atoms with Crippen molar-refractivity contribution in [1.82, 2.24) is 15.0 Å². The summed E-state index contributed by atoms with van der Waals surface area (Å²) in [5.41, 5.74) is 5.92. The van der Waals surface area contributed by atoms with Crippen molar-refractivity contribution in [3.05, 3.63) is 77.1 Å². The van der Waals surface area contributed by atoms with Gasteiger partial charge < -0.3 is 10.7 Å². The van der Waals surface area contributed by atoms with Crippen molar-refractivity contribution in [1.29, 1.82) is 0 Å². The number of H-pyrrole nitrogens is 1. The van der Waals surface area contributed by atoms with Gasteiger partial charge in [0.05, 0.1) is 16.1 Å². The molecule has 5 nitrogen and oxygen atoms in total. The Bertz CT molecular complexity index is 1410. The summed E-state index contributed by atoms with van der Waals surface area (Å²) in [6.07, 6.45) is 4.84. The zero-order valence-corrected chi connectivity index (χ0v) is 16.8. The first-order valence-electron chi connectivity index (χ1n) is 8.78. The number of thiazole rings is 1. The lowest BCUT2D eigenvalue weighted by atomic mass is 10.0. The normalized spacial score (nSPS) is 11.3. The molecule has 4 heterocycles. The number of pyridine rings is 1. The molecule has 5 aromatic rings. The molecule has 0 unspecified atom stereocenters. The Balaban J connectivity index is 1.59. The van der Waals surface area contributed by atoms with Crippen LogP contribution in [0.25, 0.3) is 31.4 Å². The molecule has 9 heteroatoms. The van der Waals surface area contributed by atoms with Crippen LogP contribution in [0.4, 0.5) is 14.5 Å². The number of anilines is 1. The molecule has 0 atom stereocenters. The van der Waals surface area contributed by atoms with Crippen molar-refractivity contribution in [3.63, 3.8) is 0 Å². The summed E-state index contributed by atoms with van der Waals surface area (Å²) in [7, 11) is 0. The van der Waals surface area contributed by atoms with E-state index in [0.717, 1.165) is 32.5 Å². The van der Waals surface area contributed by atoms with Gasteiger partial charge in [0.2, 0.25) is 5.78 Å². The van der Waals surface area contributed by atoms with Crippen molar-refractivity contribution in [2.45, 2.75) is 0 Å². The number of thiophene rings is 1. The molecule has 0 amide bonds. The zero-order valence-electron chi connectivity index (χ0n) is 15.1. The molecule has 148 valence electrons. The van der Waals surface area contributed by atoms with E-state index >= 15 is 0 Å². The van der Waals surface area contributed by atoms with Crippen LogP contribution in [-0.4, -0.2) is 20.7 Å². The average molecular weight is 438 g/mol. The fourth-order valence-electron chi connectivity index (χ4n) is 3.19. The van der Waals surface area contributed by atoms with Gasteiger partial charge in [0.25, 0.3) is 0 Å². The van der Waals surface area contributed by atoms with E-state index in [4.69, 9.17) is 5.73 Å². The molecule has 0 aliphatic rings. The van der Waals surface area contributed by atoms with Crippen LogP contribution in [0.2, 0.25) is 0 Å². The van der Waals surface area contributed by atoms with E-state index in [1.807, 2.05) is 17.5 Å². The minimum Gasteiger partial charge on any atom is -0.396 e. The highest BCUT2D eigenvalue weighted by molar-refractivity contribution is 7.23. The number of nitrogens with zero attached hydrogens (tertiary/aromatic N) is 2. The molecule has 0 bridgehead atoms. The molecular formula is C21H12F2N4OS2. The van der Waals surface area contributed by atoms with Gasteiger partial charge in [-0.05, 0) is 30.3 Å². The summed E-state index contributed by atoms with van der Waals surface area (Å²) in [4.78, 5) is 26.5. The highest BCUT2D eigenvalue weighted by Crippen LogP contribution is 2.36. The summed E-state index contributed by atoms with van der Waals surface area (Å²) in [5, 5.41) is 3.31. The standard InChI is InChI=1S/C21H12F2N4OS2/c22-13-1-2-14(24)18(23)17(13)19(28)12-9-27-20-11(12)7-10(8-26-20)15-3-4-16(30-15)21-25-5-6-29-21/h1-9H,24H2,(H,26,27). The number of carbonyl (C=O) groups is 1. The van der Waals surface area contributed by atoms with Crippen LogP contribution in [0.3, 0.4) is 0 Å². The van der Waals surface area contributed by atoms with Crippen LogP contribution in [0.5, 0.6) is 0 Å². The van der Waals surface area contributed by atoms with E-state index in [9.17, 15) is 13.6 Å². The second-order valence-corrected chi connectivity index (χ2v) is 8.46. The quantitative estimate of drug-likeness (QED) is 0.286. The lowest BCUT2D eigenvalue weighted by molar-refractivity contribution is 0.103. The van der Waals surface area contributed by atoms with E-state index in [0.29, 0.717) is 11.0 Å². The summed E-state index contributed by atoms with van der Waals surface area (Å²) >= 11 is 3.10. The molecule has 0 saturated heterocycles. The first kappa shape index (κ1) is 18.6. The molecule has 0 spiro atoms. The number of rotatable bonds is 4. The number of hydrogen-bond acceptors (Lipinski definition) is 6. The summed E-state index contributed by atoms with van der Waals surface area (Å²) in [6, 6.07) is 7.79. The maximum Gasteiger partial charge on any atom is 0.201 e. The average Bonchev–Trinajstić information content (AvgIpc) is 3.50. The largest absolute Gasteiger partial charge is 0.396 e. The minimum absolute atomic E-state index is 0.124. The third-order valence-electron chi connectivity index (χ3n) is 4.66. The summed E-state index contributed by atoms with van der Waals surface area (Å²) in [6.45, 7) is 0. The minimum atomic E-state index is -1.06. The molecule has 0 saturated carbocycles. The molecule has 3 N–H and O–H groups in total. The number of ketones is 1. The highest BCUT2D eigenvalue weighted by atomic mass is 32.1. The van der Waals surface area contributed by atoms with Crippen molar-refractivity contribution in [3.8, 4) is 20.3 Å². The SMILES string of the molecule is Nc1ccc(F)c(C(=O)c2c[nH]c3ncc(-c4ccc(-c5nccs5)s4)cc23)c1F. The van der Waals surface area contributed by atoms with Crippen LogP contribution >= 0.6 is 22.7 Å². The molecule has 0 aliphatic carbocycles. The van der Waals surface area contributed by atoms with E-state index in [1.54, 1.807) is 41.1 Å². The first-order chi connectivity index (χ1) is 14.5. The number of nitrogen functional groups attached to an aromatic ring is 1. The highest BCUT2D eigenvalue weighted by Gasteiger charge is 2.24. The molecule has 30 heavy (non-hydrogen) atoms. The Morgan fingerprint density at radius 1 is 1.10 bits per heavy atom. The summed E-state index contributed by atoms with van der Waals surface area (Å²) < 4.78 is 28.6. The van der Waals surface area contributed by atoms with Crippen LogP contribution < -0.4 is 5.73 Å². The number of hydrogen-bond donors (Lipinski definition) is 2. The Labute approximate surface area is 176 Å². The Hall–Kier alpha value is -3.43. The molecule has 0 radical (unpaired) electrons. The molecule has 4 aromatic heterocycles. The van der Waals surface area contributed by atoms with Crippen LogP contribution in [-0.2, 0) is 0 Å². The third-order valence-corrected chi connectivity index (χ3v) is 6.73. The van der Waals surface area contributed by atoms with Gasteiger partial charge in [-0.3, -0.25) is 4.79 Å². The van der Waals surface area contributed by atoms with Crippen molar-refractivity contribution < 1.29 is 13.6 Å². The van der Waals surface area contributed by atoms with Crippen molar-refractivity contribution in [2.24, 2.45) is 0 Å². The van der Waals surface area contributed by atoms with E-state index < -0.39 is 23.0 Å². The van der Waals surface area contributed by atoms with E-state index in [-0.39, 0.29) is 11.3 Å². The molecule has 1 aromatic carbocycles. The predicted molar refractivity (Wildman–Crippen MR) is 115 cm³/mol. The number of aromatic amines is 1. The topological polar surface area (TPSA) is 84.7 Å². The van der Waals surface area contributed by atoms with Gasteiger partial charge in [0.1, 0.15) is 16.5 Å². The fraction of sp³-hybridized carbons (Fsp3) is 0. The van der Waals surface area contributed by atoms with Gasteiger partial charge in [-0.2, -0.15) is 0 Å². The number of nitrogens with two attached hydrogens (primary N) is 1. The van der Waals surface area contributed by atoms with Gasteiger partial charge in [-0.25, -0.2) is 18.7 Å². The zero-order chi connectivity index (χ0) is 20.8. The molecule has 0 aliphatic heterocycles. The number of carbonyl (C=O) groups excluding carboxylic acids is 1. The number of aromatic nitrogens is 3. The number of halogens is 2. The van der Waals surface area contributed by atoms with Gasteiger partial charge in [-0.15, -0.1) is 22.7 Å². The van der Waals surface area contributed by atoms with E-state index in [1.165, 1.54) is 6.20 Å². The van der Waals surface area contributed by atoms with Gasteiger partial charge in [0, 0.05) is 45.4 Å². The lowest BCUT2D eigenvalue weighted by Crippen LogP contribution is -2.09. The second kappa shape index (κ2) is 7.12. The third kappa shape index (κ3) is 2.99. The Morgan fingerprint density at radius 2 is 1.93 bits per heavy atom. The van der Waals surface area contributed by atoms with Crippen LogP contribution in [0.15, 0.2) is 54.3 Å². The van der Waals surface area contributed by atoms with Gasteiger partial charge >= 0.3 is 0 Å². The number of nitrogens with one attached hydrogen (secondary N) is 1. The lowest BCUT2D eigenvalue weighted by Gasteiger charge is -2.06. The molecular weight excluding hydrogens is 426 g/mol. The van der Waals surface area contributed by atoms with Crippen LogP contribution in [0, 0.1) is 11.6 Å². The van der Waals surface area contributed by atoms with Gasteiger partial charge in [-0.1, -0.05) is 0 Å². The monoisotopic (exact) mass is 438 g/mol. The Kier molecular flexibility index (Phi) is 4.41. The fourth-order valence-corrected chi connectivity index (χ4v) is 4.89. The van der Waals surface area contributed by atoms with Gasteiger partial charge in [0.15, 0.2) is 5.82 Å². The maximum atomic E-state index is 14.4. The number of fused-ring (bicyclic) bond motifs is 1. The molecule has 5 rings (SSSR count). The maximum absolute atomic E-state index is 14.4. The first-order valence-corrected chi connectivity index (χ1v) is 10.5.